The second-order valence-electron chi connectivity index (χ2n) is 7.01. The summed E-state index contributed by atoms with van der Waals surface area (Å²) < 4.78 is 5.96. The predicted molar refractivity (Wildman–Crippen MR) is 127 cm³/mol. The Bertz CT molecular complexity index is 1260. The Labute approximate surface area is 184 Å². The van der Waals surface area contributed by atoms with Crippen molar-refractivity contribution in [2.45, 2.75) is 6.61 Å². The second-order valence-corrected chi connectivity index (χ2v) is 8.04. The summed E-state index contributed by atoms with van der Waals surface area (Å²) in [6.07, 6.45) is 3.70. The Balaban J connectivity index is 1.36. The number of benzene rings is 3. The van der Waals surface area contributed by atoms with Crippen LogP contribution in [0.4, 0.5) is 16.5 Å². The smallest absolute Gasteiger partial charge is 0.231 e. The van der Waals surface area contributed by atoms with Gasteiger partial charge >= 0.3 is 0 Å². The van der Waals surface area contributed by atoms with Crippen molar-refractivity contribution in [3.05, 3.63) is 94.9 Å². The third-order valence-corrected chi connectivity index (χ3v) is 5.72. The van der Waals surface area contributed by atoms with Gasteiger partial charge in [-0.3, -0.25) is 4.99 Å². The predicted octanol–water partition coefficient (Wildman–Crippen LogP) is 6.43. The van der Waals surface area contributed by atoms with Gasteiger partial charge in [0.25, 0.3) is 0 Å². The molecule has 4 aromatic rings. The number of anilines is 2. The van der Waals surface area contributed by atoms with E-state index in [4.69, 9.17) is 4.74 Å². The Morgan fingerprint density at radius 2 is 1.74 bits per heavy atom. The van der Waals surface area contributed by atoms with Crippen LogP contribution in [0, 0.1) is 0 Å². The van der Waals surface area contributed by atoms with Crippen molar-refractivity contribution in [3.63, 3.8) is 0 Å². The van der Waals surface area contributed by atoms with E-state index < -0.39 is 0 Å². The summed E-state index contributed by atoms with van der Waals surface area (Å²) in [6.45, 7) is 0.504. The minimum atomic E-state index is -0.00531. The number of hydrogen-bond acceptors (Lipinski definition) is 6. The van der Waals surface area contributed by atoms with E-state index in [-0.39, 0.29) is 5.88 Å². The summed E-state index contributed by atoms with van der Waals surface area (Å²) in [5, 5.41) is 14.2. The number of aliphatic imine (C=N–C) groups is 1. The van der Waals surface area contributed by atoms with Gasteiger partial charge in [-0.2, -0.15) is 4.98 Å². The van der Waals surface area contributed by atoms with Crippen LogP contribution >= 0.6 is 11.3 Å². The molecule has 31 heavy (non-hydrogen) atoms. The number of hydrogen-bond donors (Lipinski definition) is 2. The molecule has 0 saturated heterocycles. The third-order valence-electron chi connectivity index (χ3n) is 4.82. The highest BCUT2D eigenvalue weighted by atomic mass is 32.1. The van der Waals surface area contributed by atoms with E-state index >= 15 is 0 Å². The molecule has 0 atom stereocenters. The van der Waals surface area contributed by atoms with Crippen LogP contribution in [0.5, 0.6) is 11.6 Å². The molecule has 0 spiro atoms. The number of nitrogens with one attached hydrogen (secondary N) is 1. The Kier molecular flexibility index (Phi) is 5.21. The van der Waals surface area contributed by atoms with Crippen LogP contribution in [-0.4, -0.2) is 16.3 Å². The highest BCUT2D eigenvalue weighted by Crippen LogP contribution is 2.38. The van der Waals surface area contributed by atoms with E-state index in [1.807, 2.05) is 84.9 Å². The first-order valence-corrected chi connectivity index (χ1v) is 10.6. The van der Waals surface area contributed by atoms with Gasteiger partial charge in [0.2, 0.25) is 5.88 Å². The van der Waals surface area contributed by atoms with E-state index in [0.29, 0.717) is 16.6 Å². The van der Waals surface area contributed by atoms with Crippen LogP contribution in [0.25, 0.3) is 11.6 Å². The molecule has 1 aliphatic rings. The molecule has 0 saturated carbocycles. The van der Waals surface area contributed by atoms with E-state index in [0.717, 1.165) is 33.8 Å². The Morgan fingerprint density at radius 3 is 2.55 bits per heavy atom. The van der Waals surface area contributed by atoms with Gasteiger partial charge in [-0.1, -0.05) is 59.9 Å². The van der Waals surface area contributed by atoms with Crippen molar-refractivity contribution in [2.75, 3.05) is 5.32 Å². The van der Waals surface area contributed by atoms with Crippen LogP contribution in [0.15, 0.2) is 83.9 Å². The number of para-hydroxylation sites is 1. The fourth-order valence-corrected chi connectivity index (χ4v) is 4.10. The minimum Gasteiger partial charge on any atom is -0.492 e. The van der Waals surface area contributed by atoms with E-state index in [1.165, 1.54) is 11.3 Å². The van der Waals surface area contributed by atoms with Gasteiger partial charge in [-0.15, -0.1) is 0 Å². The molecular formula is C25H19N3O2S. The number of rotatable bonds is 6. The first kappa shape index (κ1) is 19.1. The lowest BCUT2D eigenvalue weighted by Gasteiger charge is -2.08. The standard InChI is InChI=1S/C25H19N3O2S/c29-24-23(31-25(28-24)27-19-9-5-2-6-10-19)13-18-15-26-22-12-11-20(14-21(18)22)30-16-17-7-3-1-4-8-17/h1-15,29H,16H2,(H,27,28). The number of nitrogens with zero attached hydrogens (tertiary/aromatic N) is 2. The number of allylic oxidation sites excluding steroid dienone is 1. The summed E-state index contributed by atoms with van der Waals surface area (Å²) in [7, 11) is 0. The number of aromatic hydroxyl groups is 1. The Hall–Kier alpha value is -3.90. The lowest BCUT2D eigenvalue weighted by Crippen LogP contribution is -1.95. The molecule has 0 aliphatic carbocycles. The van der Waals surface area contributed by atoms with Crippen molar-refractivity contribution in [1.82, 2.24) is 4.98 Å². The van der Waals surface area contributed by atoms with Crippen LogP contribution in [0.3, 0.4) is 0 Å². The minimum absolute atomic E-state index is 0.00531. The molecule has 2 N–H and O–H groups in total. The van der Waals surface area contributed by atoms with Gasteiger partial charge in [0.05, 0.1) is 10.6 Å². The summed E-state index contributed by atoms with van der Waals surface area (Å²) in [5.41, 5.74) is 4.79. The van der Waals surface area contributed by atoms with Crippen LogP contribution in [-0.2, 0) is 6.61 Å². The molecule has 2 heterocycles. The third kappa shape index (κ3) is 4.34. The summed E-state index contributed by atoms with van der Waals surface area (Å²) in [4.78, 5) is 9.38. The first-order chi connectivity index (χ1) is 15.2. The van der Waals surface area contributed by atoms with Crippen molar-refractivity contribution in [3.8, 4) is 11.6 Å². The topological polar surface area (TPSA) is 66.7 Å². The normalized spacial score (nSPS) is 13.4. The molecule has 3 aromatic carbocycles. The average Bonchev–Trinajstić information content (AvgIpc) is 3.36. The van der Waals surface area contributed by atoms with Gasteiger partial charge in [0, 0.05) is 23.0 Å². The molecule has 0 unspecified atom stereocenters. The molecule has 0 bridgehead atoms. The van der Waals surface area contributed by atoms with Crippen LogP contribution in [0.1, 0.15) is 16.0 Å². The average molecular weight is 426 g/mol. The van der Waals surface area contributed by atoms with Gasteiger partial charge in [-0.05, 0) is 42.0 Å². The molecule has 6 heteroatoms. The zero-order valence-electron chi connectivity index (χ0n) is 16.5. The lowest BCUT2D eigenvalue weighted by atomic mass is 10.1. The molecular weight excluding hydrogens is 406 g/mol. The first-order valence-electron chi connectivity index (χ1n) is 9.83. The SMILES string of the molecule is Oc1nc(Nc2ccccc2)sc1C=C1C=Nc2ccc(OCc3ccccc3)cc21. The maximum Gasteiger partial charge on any atom is 0.231 e. The summed E-state index contributed by atoms with van der Waals surface area (Å²) >= 11 is 1.39. The number of aromatic nitrogens is 1. The molecule has 0 amide bonds. The zero-order valence-corrected chi connectivity index (χ0v) is 17.3. The molecule has 0 radical (unpaired) electrons. The number of thiazole rings is 1. The maximum absolute atomic E-state index is 10.3. The molecule has 1 aromatic heterocycles. The zero-order chi connectivity index (χ0) is 21.0. The maximum atomic E-state index is 10.3. The van der Waals surface area contributed by atoms with Crippen molar-refractivity contribution < 1.29 is 9.84 Å². The van der Waals surface area contributed by atoms with E-state index in [9.17, 15) is 5.11 Å². The van der Waals surface area contributed by atoms with Gasteiger partial charge in [0.15, 0.2) is 5.13 Å². The van der Waals surface area contributed by atoms with E-state index in [2.05, 4.69) is 15.3 Å². The molecule has 152 valence electrons. The largest absolute Gasteiger partial charge is 0.492 e. The fourth-order valence-electron chi connectivity index (χ4n) is 3.27. The highest BCUT2D eigenvalue weighted by Gasteiger charge is 2.16. The number of ether oxygens (including phenoxy) is 1. The lowest BCUT2D eigenvalue weighted by molar-refractivity contribution is 0.306. The molecule has 0 fully saturated rings. The van der Waals surface area contributed by atoms with E-state index in [1.54, 1.807) is 6.21 Å². The molecule has 5 rings (SSSR count). The van der Waals surface area contributed by atoms with Gasteiger partial charge in [0.1, 0.15) is 12.4 Å². The molecule has 5 nitrogen and oxygen atoms in total. The van der Waals surface area contributed by atoms with Crippen molar-refractivity contribution >= 4 is 45.7 Å². The second kappa shape index (κ2) is 8.45. The summed E-state index contributed by atoms with van der Waals surface area (Å²) in [5.74, 6) is 0.772. The Morgan fingerprint density at radius 1 is 0.968 bits per heavy atom. The van der Waals surface area contributed by atoms with Crippen LogP contribution in [0.2, 0.25) is 0 Å². The highest BCUT2D eigenvalue weighted by molar-refractivity contribution is 7.16. The fraction of sp³-hybridized carbons (Fsp3) is 0.0400. The number of fused-ring (bicyclic) bond motifs is 1. The quantitative estimate of drug-likeness (QED) is 0.374. The van der Waals surface area contributed by atoms with Crippen molar-refractivity contribution in [2.24, 2.45) is 4.99 Å². The van der Waals surface area contributed by atoms with Crippen LogP contribution < -0.4 is 10.1 Å². The molecule has 1 aliphatic heterocycles. The van der Waals surface area contributed by atoms with Gasteiger partial charge < -0.3 is 15.2 Å². The van der Waals surface area contributed by atoms with Crippen molar-refractivity contribution in [1.29, 1.82) is 0 Å². The van der Waals surface area contributed by atoms with Gasteiger partial charge in [-0.25, -0.2) is 0 Å². The summed E-state index contributed by atoms with van der Waals surface area (Å²) in [6, 6.07) is 25.7. The monoisotopic (exact) mass is 425 g/mol.